The number of likely N-dealkylation sites (tertiary alicyclic amines) is 1. The molecule has 27 heavy (non-hydrogen) atoms. The number of aliphatic hydroxyl groups is 1. The lowest BCUT2D eigenvalue weighted by atomic mass is 10.0. The fourth-order valence-electron chi connectivity index (χ4n) is 3.51. The van der Waals surface area contributed by atoms with Gasteiger partial charge in [0.05, 0.1) is 6.10 Å². The molecule has 0 unspecified atom stereocenters. The number of nitrogens with zero attached hydrogens (tertiary/aromatic N) is 2. The van der Waals surface area contributed by atoms with Crippen LogP contribution < -0.4 is 10.6 Å². The fourth-order valence-corrected chi connectivity index (χ4v) is 3.51. The molecule has 158 valence electrons. The molecule has 0 saturated carbocycles. The minimum atomic E-state index is -0.0903. The first-order chi connectivity index (χ1) is 13.3. The summed E-state index contributed by atoms with van der Waals surface area (Å²) in [5.74, 6) is 1.57. The topological polar surface area (TPSA) is 78.4 Å². The van der Waals surface area contributed by atoms with Crippen LogP contribution >= 0.6 is 0 Å². The maximum atomic E-state index is 9.56. The standard InChI is InChI=1S/C20H40N4O3/c1-2-21-20(22-9-3-11-24-12-5-19(25)6-13-24)23-10-4-14-27-17-18-7-15-26-16-8-18/h18-19,25H,2-17H2,1H3,(H2,21,22,23). The molecule has 0 atom stereocenters. The van der Waals surface area contributed by atoms with Crippen LogP contribution in [0.3, 0.4) is 0 Å². The number of ether oxygens (including phenoxy) is 2. The van der Waals surface area contributed by atoms with E-state index >= 15 is 0 Å². The molecule has 0 bridgehead atoms. The molecular weight excluding hydrogens is 344 g/mol. The molecule has 0 amide bonds. The second-order valence-electron chi connectivity index (χ2n) is 7.60. The summed E-state index contributed by atoms with van der Waals surface area (Å²) in [5, 5.41) is 16.3. The Balaban J connectivity index is 1.49. The Morgan fingerprint density at radius 2 is 1.93 bits per heavy atom. The predicted octanol–water partition coefficient (Wildman–Crippen LogP) is 1.22. The van der Waals surface area contributed by atoms with Gasteiger partial charge in [0.25, 0.3) is 0 Å². The lowest BCUT2D eigenvalue weighted by Gasteiger charge is -2.29. The van der Waals surface area contributed by atoms with E-state index in [1.807, 2.05) is 0 Å². The highest BCUT2D eigenvalue weighted by Gasteiger charge is 2.16. The van der Waals surface area contributed by atoms with E-state index in [0.717, 1.165) is 110 Å². The molecule has 2 rings (SSSR count). The van der Waals surface area contributed by atoms with E-state index in [1.54, 1.807) is 0 Å². The Hall–Kier alpha value is -0.890. The first kappa shape index (κ1) is 22.4. The van der Waals surface area contributed by atoms with Crippen molar-refractivity contribution in [1.29, 1.82) is 0 Å². The van der Waals surface area contributed by atoms with Crippen molar-refractivity contribution in [3.05, 3.63) is 0 Å². The molecule has 0 aliphatic carbocycles. The summed E-state index contributed by atoms with van der Waals surface area (Å²) in [6.45, 7) is 11.2. The van der Waals surface area contributed by atoms with Gasteiger partial charge in [-0.15, -0.1) is 0 Å². The van der Waals surface area contributed by atoms with Gasteiger partial charge in [0, 0.05) is 59.2 Å². The third-order valence-corrected chi connectivity index (χ3v) is 5.26. The SMILES string of the molecule is CCNC(=NCCCOCC1CCOCC1)NCCCN1CCC(O)CC1. The van der Waals surface area contributed by atoms with E-state index < -0.39 is 0 Å². The highest BCUT2D eigenvalue weighted by molar-refractivity contribution is 5.79. The predicted molar refractivity (Wildman–Crippen MR) is 109 cm³/mol. The Labute approximate surface area is 164 Å². The quantitative estimate of drug-likeness (QED) is 0.282. The summed E-state index contributed by atoms with van der Waals surface area (Å²) in [6.07, 6.45) is 6.04. The minimum Gasteiger partial charge on any atom is -0.393 e. The van der Waals surface area contributed by atoms with Gasteiger partial charge < -0.3 is 30.1 Å². The van der Waals surface area contributed by atoms with Gasteiger partial charge in [0.2, 0.25) is 0 Å². The number of hydrogen-bond acceptors (Lipinski definition) is 5. The van der Waals surface area contributed by atoms with Crippen LogP contribution in [0.15, 0.2) is 4.99 Å². The van der Waals surface area contributed by atoms with Crippen LogP contribution in [0.5, 0.6) is 0 Å². The number of hydrogen-bond donors (Lipinski definition) is 3. The van der Waals surface area contributed by atoms with Crippen molar-refractivity contribution in [3.63, 3.8) is 0 Å². The van der Waals surface area contributed by atoms with E-state index in [9.17, 15) is 5.11 Å². The van der Waals surface area contributed by atoms with Crippen molar-refractivity contribution < 1.29 is 14.6 Å². The Morgan fingerprint density at radius 3 is 2.67 bits per heavy atom. The maximum Gasteiger partial charge on any atom is 0.191 e. The molecule has 2 heterocycles. The van der Waals surface area contributed by atoms with Crippen LogP contribution in [0.25, 0.3) is 0 Å². The number of aliphatic hydroxyl groups excluding tert-OH is 1. The van der Waals surface area contributed by atoms with Crippen LogP contribution in [-0.2, 0) is 9.47 Å². The van der Waals surface area contributed by atoms with Crippen molar-refractivity contribution in [2.24, 2.45) is 10.9 Å². The molecule has 2 fully saturated rings. The largest absolute Gasteiger partial charge is 0.393 e. The summed E-state index contributed by atoms with van der Waals surface area (Å²) in [6, 6.07) is 0. The van der Waals surface area contributed by atoms with E-state index in [2.05, 4.69) is 27.4 Å². The zero-order valence-electron chi connectivity index (χ0n) is 17.1. The summed E-state index contributed by atoms with van der Waals surface area (Å²) in [4.78, 5) is 7.08. The van der Waals surface area contributed by atoms with Gasteiger partial charge in [-0.2, -0.15) is 0 Å². The van der Waals surface area contributed by atoms with E-state index in [-0.39, 0.29) is 6.10 Å². The van der Waals surface area contributed by atoms with Crippen molar-refractivity contribution in [2.45, 2.75) is 51.6 Å². The van der Waals surface area contributed by atoms with Crippen LogP contribution in [0.2, 0.25) is 0 Å². The van der Waals surface area contributed by atoms with Crippen molar-refractivity contribution in [1.82, 2.24) is 15.5 Å². The molecule has 0 aromatic carbocycles. The highest BCUT2D eigenvalue weighted by Crippen LogP contribution is 2.14. The zero-order chi connectivity index (χ0) is 19.2. The van der Waals surface area contributed by atoms with E-state index in [0.29, 0.717) is 5.92 Å². The van der Waals surface area contributed by atoms with Gasteiger partial charge in [-0.05, 0) is 57.9 Å². The van der Waals surface area contributed by atoms with Crippen molar-refractivity contribution >= 4 is 5.96 Å². The van der Waals surface area contributed by atoms with Crippen LogP contribution in [0.1, 0.15) is 45.4 Å². The molecule has 7 nitrogen and oxygen atoms in total. The van der Waals surface area contributed by atoms with Crippen LogP contribution in [0, 0.1) is 5.92 Å². The first-order valence-electron chi connectivity index (χ1n) is 10.9. The fraction of sp³-hybridized carbons (Fsp3) is 0.950. The molecule has 0 aromatic heterocycles. The zero-order valence-corrected chi connectivity index (χ0v) is 17.1. The molecule has 3 N–H and O–H groups in total. The van der Waals surface area contributed by atoms with Crippen LogP contribution in [-0.4, -0.2) is 87.8 Å². The molecule has 0 aromatic rings. The average molecular weight is 385 g/mol. The number of nitrogens with one attached hydrogen (secondary N) is 2. The summed E-state index contributed by atoms with van der Waals surface area (Å²) < 4.78 is 11.2. The number of rotatable bonds is 11. The van der Waals surface area contributed by atoms with Gasteiger partial charge >= 0.3 is 0 Å². The van der Waals surface area contributed by atoms with Crippen molar-refractivity contribution in [3.8, 4) is 0 Å². The monoisotopic (exact) mass is 384 g/mol. The molecule has 2 saturated heterocycles. The molecule has 7 heteroatoms. The molecule has 0 radical (unpaired) electrons. The Bertz CT molecular complexity index is 395. The number of piperidine rings is 1. The summed E-state index contributed by atoms with van der Waals surface area (Å²) in [5.41, 5.74) is 0. The highest BCUT2D eigenvalue weighted by atomic mass is 16.5. The van der Waals surface area contributed by atoms with E-state index in [4.69, 9.17) is 9.47 Å². The normalized spacial score (nSPS) is 20.7. The Morgan fingerprint density at radius 1 is 1.15 bits per heavy atom. The summed E-state index contributed by atoms with van der Waals surface area (Å²) >= 11 is 0. The van der Waals surface area contributed by atoms with Gasteiger partial charge in [-0.1, -0.05) is 0 Å². The molecule has 0 spiro atoms. The third kappa shape index (κ3) is 10.3. The lowest BCUT2D eigenvalue weighted by molar-refractivity contribution is 0.0205. The first-order valence-corrected chi connectivity index (χ1v) is 10.9. The number of aliphatic imine (C=N–C) groups is 1. The second-order valence-corrected chi connectivity index (χ2v) is 7.60. The van der Waals surface area contributed by atoms with Gasteiger partial charge in [-0.3, -0.25) is 4.99 Å². The molecule has 2 aliphatic rings. The van der Waals surface area contributed by atoms with Gasteiger partial charge in [-0.25, -0.2) is 0 Å². The number of guanidine groups is 1. The summed E-state index contributed by atoms with van der Waals surface area (Å²) in [7, 11) is 0. The van der Waals surface area contributed by atoms with Gasteiger partial charge in [0.1, 0.15) is 0 Å². The van der Waals surface area contributed by atoms with Crippen LogP contribution in [0.4, 0.5) is 0 Å². The average Bonchev–Trinajstić information content (AvgIpc) is 2.70. The lowest BCUT2D eigenvalue weighted by Crippen LogP contribution is -2.40. The minimum absolute atomic E-state index is 0.0903. The molecular formula is C20H40N4O3. The van der Waals surface area contributed by atoms with Gasteiger partial charge in [0.15, 0.2) is 5.96 Å². The Kier molecular flexibility index (Phi) is 11.7. The smallest absolute Gasteiger partial charge is 0.191 e. The second kappa shape index (κ2) is 14.2. The van der Waals surface area contributed by atoms with Crippen molar-refractivity contribution in [2.75, 3.05) is 65.7 Å². The molecule has 2 aliphatic heterocycles. The van der Waals surface area contributed by atoms with E-state index in [1.165, 1.54) is 0 Å². The maximum absolute atomic E-state index is 9.56. The third-order valence-electron chi connectivity index (χ3n) is 5.26.